The summed E-state index contributed by atoms with van der Waals surface area (Å²) in [7, 11) is 0. The molecule has 0 fully saturated rings. The summed E-state index contributed by atoms with van der Waals surface area (Å²) in [5.74, 6) is 0.469. The molecule has 0 amide bonds. The van der Waals surface area contributed by atoms with E-state index in [1.807, 2.05) is 20.8 Å². The van der Waals surface area contributed by atoms with Crippen LogP contribution in [-0.2, 0) is 0 Å². The van der Waals surface area contributed by atoms with Gasteiger partial charge < -0.3 is 9.84 Å². The number of benzene rings is 2. The average Bonchev–Trinajstić information content (AvgIpc) is 2.34. The van der Waals surface area contributed by atoms with Crippen molar-refractivity contribution >= 4 is 10.8 Å². The Kier molecular flexibility index (Phi) is 3.89. The first-order valence-corrected chi connectivity index (χ1v) is 6.54. The van der Waals surface area contributed by atoms with Gasteiger partial charge in [-0.2, -0.15) is 13.2 Å². The van der Waals surface area contributed by atoms with Gasteiger partial charge in [0.15, 0.2) is 6.10 Å². The highest BCUT2D eigenvalue weighted by atomic mass is 19.4. The Bertz CT molecular complexity index is 642. The van der Waals surface area contributed by atoms with E-state index in [-0.39, 0.29) is 5.56 Å². The number of hydrogen-bond donors (Lipinski definition) is 1. The van der Waals surface area contributed by atoms with Crippen molar-refractivity contribution in [1.82, 2.24) is 0 Å². The van der Waals surface area contributed by atoms with Crippen molar-refractivity contribution < 1.29 is 23.0 Å². The van der Waals surface area contributed by atoms with Crippen LogP contribution in [0.2, 0.25) is 0 Å². The number of halogens is 3. The van der Waals surface area contributed by atoms with E-state index in [0.29, 0.717) is 16.5 Å². The maximum absolute atomic E-state index is 12.8. The van der Waals surface area contributed by atoms with Crippen molar-refractivity contribution in [2.45, 2.75) is 38.7 Å². The third-order valence-corrected chi connectivity index (χ3v) is 2.92. The van der Waals surface area contributed by atoms with Gasteiger partial charge >= 0.3 is 6.18 Å². The molecule has 1 unspecified atom stereocenters. The Balaban J connectivity index is 2.54. The first-order valence-electron chi connectivity index (χ1n) is 6.54. The predicted octanol–water partition coefficient (Wildman–Crippen LogP) is 4.61. The van der Waals surface area contributed by atoms with Gasteiger partial charge in [-0.3, -0.25) is 0 Å². The van der Waals surface area contributed by atoms with E-state index < -0.39 is 17.9 Å². The predicted molar refractivity (Wildman–Crippen MR) is 75.3 cm³/mol. The molecule has 114 valence electrons. The molecule has 1 N–H and O–H groups in total. The highest BCUT2D eigenvalue weighted by Crippen LogP contribution is 2.37. The molecular weight excluding hydrogens is 281 g/mol. The summed E-state index contributed by atoms with van der Waals surface area (Å²) >= 11 is 0. The van der Waals surface area contributed by atoms with E-state index >= 15 is 0 Å². The Hall–Kier alpha value is -1.75. The van der Waals surface area contributed by atoms with E-state index in [1.54, 1.807) is 18.2 Å². The lowest BCUT2D eigenvalue weighted by Gasteiger charge is -2.22. The summed E-state index contributed by atoms with van der Waals surface area (Å²) in [6.07, 6.45) is -7.21. The summed E-state index contributed by atoms with van der Waals surface area (Å²) in [5.41, 5.74) is -0.620. The highest BCUT2D eigenvalue weighted by molar-refractivity contribution is 5.87. The number of rotatable bonds is 2. The molecule has 0 radical (unpaired) electrons. The molecule has 2 aromatic rings. The zero-order chi connectivity index (χ0) is 15.8. The second-order valence-corrected chi connectivity index (χ2v) is 5.89. The van der Waals surface area contributed by atoms with Crippen LogP contribution in [0.1, 0.15) is 32.4 Å². The van der Waals surface area contributed by atoms with Crippen molar-refractivity contribution in [2.75, 3.05) is 0 Å². The third-order valence-electron chi connectivity index (χ3n) is 2.92. The van der Waals surface area contributed by atoms with Crippen LogP contribution in [0.4, 0.5) is 13.2 Å². The van der Waals surface area contributed by atoms with Crippen LogP contribution >= 0.6 is 0 Å². The smallest absolute Gasteiger partial charge is 0.418 e. The van der Waals surface area contributed by atoms with Crippen LogP contribution in [0.3, 0.4) is 0 Å². The largest absolute Gasteiger partial charge is 0.488 e. The molecule has 0 saturated carbocycles. The SMILES string of the molecule is CC(C)(C)Oc1ccc2cccc(C(O)C(F)(F)F)c2c1. The molecule has 1 atom stereocenters. The molecule has 0 bridgehead atoms. The molecule has 0 aromatic heterocycles. The van der Waals surface area contributed by atoms with Gasteiger partial charge in [-0.25, -0.2) is 0 Å². The quantitative estimate of drug-likeness (QED) is 0.877. The molecule has 0 aliphatic carbocycles. The second-order valence-electron chi connectivity index (χ2n) is 5.89. The number of fused-ring (bicyclic) bond motifs is 1. The zero-order valence-electron chi connectivity index (χ0n) is 12.0. The summed E-state index contributed by atoms with van der Waals surface area (Å²) in [4.78, 5) is 0. The van der Waals surface area contributed by atoms with Crippen LogP contribution in [-0.4, -0.2) is 16.9 Å². The molecule has 2 rings (SSSR count). The van der Waals surface area contributed by atoms with E-state index in [0.717, 1.165) is 0 Å². The summed E-state index contributed by atoms with van der Waals surface area (Å²) in [5, 5.41) is 10.5. The minimum atomic E-state index is -4.70. The summed E-state index contributed by atoms with van der Waals surface area (Å²) < 4.78 is 43.9. The van der Waals surface area contributed by atoms with Crippen LogP contribution in [0.25, 0.3) is 10.8 Å². The number of ether oxygens (including phenoxy) is 1. The highest BCUT2D eigenvalue weighted by Gasteiger charge is 2.40. The Morgan fingerprint density at radius 1 is 1.05 bits per heavy atom. The van der Waals surface area contributed by atoms with Crippen LogP contribution in [0.5, 0.6) is 5.75 Å². The first-order chi connectivity index (χ1) is 9.58. The molecule has 0 aliphatic rings. The number of hydrogen-bond acceptors (Lipinski definition) is 2. The molecule has 0 aliphatic heterocycles. The normalized spacial score (nSPS) is 14.2. The van der Waals surface area contributed by atoms with Gasteiger partial charge in [-0.1, -0.05) is 24.3 Å². The average molecular weight is 298 g/mol. The summed E-state index contributed by atoms with van der Waals surface area (Å²) in [6, 6.07) is 9.40. The summed E-state index contributed by atoms with van der Waals surface area (Å²) in [6.45, 7) is 5.56. The molecule has 5 heteroatoms. The van der Waals surface area contributed by atoms with Gasteiger partial charge in [-0.15, -0.1) is 0 Å². The van der Waals surface area contributed by atoms with Gasteiger partial charge in [0.1, 0.15) is 11.4 Å². The van der Waals surface area contributed by atoms with E-state index in [9.17, 15) is 18.3 Å². The van der Waals surface area contributed by atoms with Gasteiger partial charge in [0.2, 0.25) is 0 Å². The third kappa shape index (κ3) is 3.67. The van der Waals surface area contributed by atoms with Crippen molar-refractivity contribution in [3.05, 3.63) is 42.0 Å². The van der Waals surface area contributed by atoms with E-state index in [1.165, 1.54) is 18.2 Å². The number of aliphatic hydroxyl groups is 1. The fourth-order valence-electron chi connectivity index (χ4n) is 2.11. The van der Waals surface area contributed by atoms with Crippen molar-refractivity contribution in [3.8, 4) is 5.75 Å². The molecular formula is C16H17F3O2. The van der Waals surface area contributed by atoms with Crippen LogP contribution < -0.4 is 4.74 Å². The van der Waals surface area contributed by atoms with Crippen molar-refractivity contribution in [3.63, 3.8) is 0 Å². The van der Waals surface area contributed by atoms with Crippen LogP contribution in [0, 0.1) is 0 Å². The van der Waals surface area contributed by atoms with E-state index in [4.69, 9.17) is 4.74 Å². The lowest BCUT2D eigenvalue weighted by Crippen LogP contribution is -2.23. The maximum atomic E-state index is 12.8. The maximum Gasteiger partial charge on any atom is 0.418 e. The minimum absolute atomic E-state index is 0.167. The molecule has 21 heavy (non-hydrogen) atoms. The van der Waals surface area contributed by atoms with Gasteiger partial charge in [0, 0.05) is 0 Å². The molecule has 0 heterocycles. The lowest BCUT2D eigenvalue weighted by molar-refractivity contribution is -0.206. The van der Waals surface area contributed by atoms with Gasteiger partial charge in [0.05, 0.1) is 0 Å². The van der Waals surface area contributed by atoms with Crippen molar-refractivity contribution in [1.29, 1.82) is 0 Å². The topological polar surface area (TPSA) is 29.5 Å². The number of alkyl halides is 3. The molecule has 2 aromatic carbocycles. The lowest BCUT2D eigenvalue weighted by atomic mass is 9.99. The fourth-order valence-corrected chi connectivity index (χ4v) is 2.11. The Morgan fingerprint density at radius 2 is 1.71 bits per heavy atom. The Morgan fingerprint density at radius 3 is 2.29 bits per heavy atom. The fraction of sp³-hybridized carbons (Fsp3) is 0.375. The zero-order valence-corrected chi connectivity index (χ0v) is 12.0. The monoisotopic (exact) mass is 298 g/mol. The first kappa shape index (κ1) is 15.6. The standard InChI is InChI=1S/C16H17F3O2/c1-15(2,3)21-11-8-7-10-5-4-6-12(13(10)9-11)14(20)16(17,18)19/h4-9,14,20H,1-3H3. The van der Waals surface area contributed by atoms with Gasteiger partial charge in [0.25, 0.3) is 0 Å². The molecule has 0 spiro atoms. The Labute approximate surface area is 121 Å². The van der Waals surface area contributed by atoms with Crippen molar-refractivity contribution in [2.24, 2.45) is 0 Å². The minimum Gasteiger partial charge on any atom is -0.488 e. The molecule has 2 nitrogen and oxygen atoms in total. The van der Waals surface area contributed by atoms with E-state index in [2.05, 4.69) is 0 Å². The van der Waals surface area contributed by atoms with Gasteiger partial charge in [-0.05, 0) is 49.2 Å². The number of aliphatic hydroxyl groups excluding tert-OH is 1. The molecule has 0 saturated heterocycles. The van der Waals surface area contributed by atoms with Crippen LogP contribution in [0.15, 0.2) is 36.4 Å². The second kappa shape index (κ2) is 5.22.